The van der Waals surface area contributed by atoms with Gasteiger partial charge in [0.05, 0.1) is 22.1 Å². The van der Waals surface area contributed by atoms with Gasteiger partial charge >= 0.3 is 0 Å². The fraction of sp³-hybridized carbons (Fsp3) is 0.0345. The maximum Gasteiger partial charge on any atom is 0.239 e. The van der Waals surface area contributed by atoms with Gasteiger partial charge in [0.15, 0.2) is 5.82 Å². The van der Waals surface area contributed by atoms with Crippen molar-refractivity contribution in [2.45, 2.75) is 0 Å². The molecule has 172 valence electrons. The number of hydrogen-bond acceptors (Lipinski definition) is 4. The van der Waals surface area contributed by atoms with Crippen molar-refractivity contribution in [1.29, 1.82) is 0 Å². The average molecular weight is 487 g/mol. The zero-order valence-corrected chi connectivity index (χ0v) is 20.1. The molecule has 0 aliphatic heterocycles. The van der Waals surface area contributed by atoms with Crippen LogP contribution in [0.2, 0.25) is 5.28 Å². The minimum Gasteiger partial charge on any atom is -0.327 e. The van der Waals surface area contributed by atoms with E-state index in [1.165, 1.54) is 0 Å². The average Bonchev–Trinajstić information content (AvgIpc) is 3.43. The molecular weight excluding hydrogens is 468 g/mol. The van der Waals surface area contributed by atoms with E-state index in [0.717, 1.165) is 49.8 Å². The van der Waals surface area contributed by atoms with Crippen LogP contribution in [0.4, 0.5) is 0 Å². The van der Waals surface area contributed by atoms with Gasteiger partial charge in [-0.05, 0) is 41.9 Å². The third kappa shape index (κ3) is 3.19. The Labute approximate surface area is 211 Å². The molecule has 7 rings (SSSR count). The Balaban J connectivity index is 1.41. The Bertz CT molecular complexity index is 1870. The summed E-state index contributed by atoms with van der Waals surface area (Å²) in [7, 11) is 2.02. The molecule has 0 amide bonds. The predicted octanol–water partition coefficient (Wildman–Crippen LogP) is 6.84. The highest BCUT2D eigenvalue weighted by Gasteiger charge is 2.17. The van der Waals surface area contributed by atoms with Gasteiger partial charge in [-0.3, -0.25) is 4.57 Å². The summed E-state index contributed by atoms with van der Waals surface area (Å²) < 4.78 is 4.13. The summed E-state index contributed by atoms with van der Waals surface area (Å²) in [4.78, 5) is 18.7. The molecule has 7 heteroatoms. The predicted molar refractivity (Wildman–Crippen MR) is 144 cm³/mol. The molecule has 3 heterocycles. The van der Waals surface area contributed by atoms with E-state index < -0.39 is 0 Å². The van der Waals surface area contributed by atoms with Crippen LogP contribution < -0.4 is 0 Å². The molecule has 0 spiro atoms. The van der Waals surface area contributed by atoms with Gasteiger partial charge in [0.2, 0.25) is 11.2 Å². The number of benzene rings is 4. The highest BCUT2D eigenvalue weighted by molar-refractivity contribution is 6.28. The molecule has 3 aromatic heterocycles. The minimum atomic E-state index is 0.145. The van der Waals surface area contributed by atoms with E-state index >= 15 is 0 Å². The third-order valence-corrected chi connectivity index (χ3v) is 6.72. The van der Waals surface area contributed by atoms with Crippen molar-refractivity contribution in [3.63, 3.8) is 0 Å². The summed E-state index contributed by atoms with van der Waals surface area (Å²) in [6.45, 7) is 0. The minimum absolute atomic E-state index is 0.145. The molecule has 0 aliphatic carbocycles. The van der Waals surface area contributed by atoms with E-state index in [2.05, 4.69) is 57.0 Å². The number of para-hydroxylation sites is 2. The van der Waals surface area contributed by atoms with Crippen LogP contribution in [0.25, 0.3) is 61.6 Å². The normalized spacial score (nSPS) is 11.6. The summed E-state index contributed by atoms with van der Waals surface area (Å²) in [5, 5.41) is 2.42. The van der Waals surface area contributed by atoms with E-state index in [0.29, 0.717) is 11.8 Å². The second-order valence-corrected chi connectivity index (χ2v) is 9.00. The molecule has 0 unspecified atom stereocenters. The fourth-order valence-corrected chi connectivity index (χ4v) is 5.04. The summed E-state index contributed by atoms with van der Waals surface area (Å²) in [6.07, 6.45) is 0. The lowest BCUT2D eigenvalue weighted by Gasteiger charge is -2.08. The number of imidazole rings is 1. The number of nitrogens with zero attached hydrogens (tertiary/aromatic N) is 6. The van der Waals surface area contributed by atoms with Gasteiger partial charge in [0, 0.05) is 28.9 Å². The van der Waals surface area contributed by atoms with Gasteiger partial charge in [-0.1, -0.05) is 66.7 Å². The van der Waals surface area contributed by atoms with Crippen molar-refractivity contribution in [3.8, 4) is 28.7 Å². The van der Waals surface area contributed by atoms with E-state index in [1.54, 1.807) is 0 Å². The van der Waals surface area contributed by atoms with Crippen molar-refractivity contribution in [3.05, 3.63) is 102 Å². The molecule has 4 aromatic carbocycles. The Morgan fingerprint density at radius 1 is 0.611 bits per heavy atom. The number of aryl methyl sites for hydroxylation is 1. The Kier molecular flexibility index (Phi) is 4.62. The van der Waals surface area contributed by atoms with Crippen molar-refractivity contribution < 1.29 is 0 Å². The van der Waals surface area contributed by atoms with Crippen LogP contribution in [-0.2, 0) is 7.05 Å². The summed E-state index contributed by atoms with van der Waals surface area (Å²) in [5.41, 5.74) is 5.83. The van der Waals surface area contributed by atoms with E-state index in [-0.39, 0.29) is 5.28 Å². The first-order valence-electron chi connectivity index (χ1n) is 11.6. The molecule has 0 aliphatic rings. The molecule has 0 bridgehead atoms. The molecule has 36 heavy (non-hydrogen) atoms. The first kappa shape index (κ1) is 20.8. The molecule has 0 radical (unpaired) electrons. The monoisotopic (exact) mass is 486 g/mol. The SMILES string of the molecule is Cn1c(-c2ccccc2)nc2ccc(-c3nc(Cl)nc(-n4c5ccccc5c5ccccc54)n3)cc21. The first-order chi connectivity index (χ1) is 17.7. The summed E-state index contributed by atoms with van der Waals surface area (Å²) in [6, 6.07) is 32.7. The first-order valence-corrected chi connectivity index (χ1v) is 12.0. The standard InChI is InChI=1S/C29H19ClN6/c1-35-25-17-19(15-16-22(25)31-27(35)18-9-3-2-4-10-18)26-32-28(30)34-29(33-26)36-23-13-7-5-11-20(23)21-12-6-8-14-24(21)36/h2-17H,1H3. The second kappa shape index (κ2) is 8.00. The summed E-state index contributed by atoms with van der Waals surface area (Å²) in [5.74, 6) is 1.90. The quantitative estimate of drug-likeness (QED) is 0.274. The van der Waals surface area contributed by atoms with Gasteiger partial charge in [0.1, 0.15) is 5.82 Å². The van der Waals surface area contributed by atoms with Crippen molar-refractivity contribution in [1.82, 2.24) is 29.1 Å². The lowest BCUT2D eigenvalue weighted by atomic mass is 10.2. The largest absolute Gasteiger partial charge is 0.327 e. The number of hydrogen-bond donors (Lipinski definition) is 0. The van der Waals surface area contributed by atoms with Gasteiger partial charge in [-0.25, -0.2) is 4.98 Å². The van der Waals surface area contributed by atoms with Crippen molar-refractivity contribution in [2.75, 3.05) is 0 Å². The zero-order valence-electron chi connectivity index (χ0n) is 19.3. The van der Waals surface area contributed by atoms with Gasteiger partial charge in [-0.15, -0.1) is 0 Å². The van der Waals surface area contributed by atoms with E-state index in [4.69, 9.17) is 21.6 Å². The number of fused-ring (bicyclic) bond motifs is 4. The molecular formula is C29H19ClN6. The highest BCUT2D eigenvalue weighted by atomic mass is 35.5. The smallest absolute Gasteiger partial charge is 0.239 e. The Morgan fingerprint density at radius 2 is 1.28 bits per heavy atom. The maximum absolute atomic E-state index is 6.46. The van der Waals surface area contributed by atoms with Crippen molar-refractivity contribution in [2.24, 2.45) is 7.05 Å². The Morgan fingerprint density at radius 3 is 2.00 bits per heavy atom. The number of rotatable bonds is 3. The molecule has 0 saturated carbocycles. The van der Waals surface area contributed by atoms with Crippen LogP contribution in [0, 0.1) is 0 Å². The summed E-state index contributed by atoms with van der Waals surface area (Å²) >= 11 is 6.46. The molecule has 0 fully saturated rings. The third-order valence-electron chi connectivity index (χ3n) is 6.55. The lowest BCUT2D eigenvalue weighted by Crippen LogP contribution is -2.04. The van der Waals surface area contributed by atoms with E-state index in [1.807, 2.05) is 66.2 Å². The van der Waals surface area contributed by atoms with Gasteiger partial charge < -0.3 is 4.57 Å². The van der Waals surface area contributed by atoms with Gasteiger partial charge in [-0.2, -0.15) is 15.0 Å². The van der Waals surface area contributed by atoms with Gasteiger partial charge in [0.25, 0.3) is 0 Å². The highest BCUT2D eigenvalue weighted by Crippen LogP contribution is 2.32. The molecule has 0 atom stereocenters. The van der Waals surface area contributed by atoms with E-state index in [9.17, 15) is 0 Å². The van der Waals surface area contributed by atoms with Crippen LogP contribution >= 0.6 is 11.6 Å². The molecule has 0 saturated heterocycles. The maximum atomic E-state index is 6.46. The van der Waals surface area contributed by atoms with Crippen LogP contribution in [0.15, 0.2) is 97.1 Å². The van der Waals surface area contributed by atoms with Crippen LogP contribution in [0.5, 0.6) is 0 Å². The molecule has 0 N–H and O–H groups in total. The van der Waals surface area contributed by atoms with Crippen LogP contribution in [0.1, 0.15) is 0 Å². The molecule has 7 aromatic rings. The molecule has 6 nitrogen and oxygen atoms in total. The lowest BCUT2D eigenvalue weighted by molar-refractivity contribution is 0.945. The topological polar surface area (TPSA) is 61.4 Å². The fourth-order valence-electron chi connectivity index (χ4n) is 4.88. The number of aromatic nitrogens is 6. The Hall–Kier alpha value is -4.55. The van der Waals surface area contributed by atoms with Crippen molar-refractivity contribution >= 4 is 44.4 Å². The zero-order chi connectivity index (χ0) is 24.2. The number of halogens is 1. The van der Waals surface area contributed by atoms with Crippen LogP contribution in [0.3, 0.4) is 0 Å². The van der Waals surface area contributed by atoms with Crippen LogP contribution in [-0.4, -0.2) is 29.1 Å². The second-order valence-electron chi connectivity index (χ2n) is 8.66.